The van der Waals surface area contributed by atoms with Crippen LogP contribution in [0.25, 0.3) is 11.1 Å². The summed E-state index contributed by atoms with van der Waals surface area (Å²) in [4.78, 5) is 23.1. The Hall–Kier alpha value is -3.13. The number of ether oxygens (including phenoxy) is 2. The van der Waals surface area contributed by atoms with Gasteiger partial charge in [-0.1, -0.05) is 12.1 Å². The van der Waals surface area contributed by atoms with Crippen LogP contribution < -0.4 is 10.5 Å². The van der Waals surface area contributed by atoms with Gasteiger partial charge in [0.25, 0.3) is 0 Å². The molecule has 0 radical (unpaired) electrons. The lowest BCUT2D eigenvalue weighted by atomic mass is 10.2. The average molecular weight is 398 g/mol. The number of nitrogen functional groups attached to an aromatic ring is 1. The van der Waals surface area contributed by atoms with E-state index < -0.39 is 5.97 Å². The Labute approximate surface area is 169 Å². The monoisotopic (exact) mass is 398 g/mol. The Balaban J connectivity index is 1.77. The second kappa shape index (κ2) is 8.91. The second-order valence-corrected chi connectivity index (χ2v) is 6.71. The predicted octanol–water partition coefficient (Wildman–Crippen LogP) is 3.32. The van der Waals surface area contributed by atoms with Gasteiger partial charge in [-0.25, -0.2) is 9.78 Å². The first-order chi connectivity index (χ1) is 13.9. The van der Waals surface area contributed by atoms with E-state index in [4.69, 9.17) is 19.6 Å². The lowest BCUT2D eigenvalue weighted by molar-refractivity contribution is 0.0526. The first-order valence-electron chi connectivity index (χ1n) is 9.55. The molecule has 0 unspecified atom stereocenters. The van der Waals surface area contributed by atoms with E-state index in [0.29, 0.717) is 42.4 Å². The Bertz CT molecular complexity index is 998. The number of hydrogen-bond donors (Lipinski definition) is 1. The highest BCUT2D eigenvalue weighted by Crippen LogP contribution is 2.29. The van der Waals surface area contributed by atoms with Crippen LogP contribution in [-0.2, 0) is 17.8 Å². The van der Waals surface area contributed by atoms with Gasteiger partial charge < -0.3 is 19.6 Å². The average Bonchev–Trinajstić information content (AvgIpc) is 3.00. The number of hydrogen-bond acceptors (Lipinski definition) is 8. The van der Waals surface area contributed by atoms with Gasteiger partial charge in [-0.15, -0.1) is 0 Å². The molecule has 0 aliphatic rings. The molecule has 0 bridgehead atoms. The summed E-state index contributed by atoms with van der Waals surface area (Å²) in [6, 6.07) is 7.97. The fourth-order valence-electron chi connectivity index (χ4n) is 3.17. The molecule has 29 heavy (non-hydrogen) atoms. The van der Waals surface area contributed by atoms with E-state index in [1.165, 1.54) is 0 Å². The van der Waals surface area contributed by atoms with Crippen LogP contribution in [0.4, 0.5) is 5.82 Å². The molecule has 3 rings (SSSR count). The zero-order valence-corrected chi connectivity index (χ0v) is 17.2. The molecule has 2 N–H and O–H groups in total. The van der Waals surface area contributed by atoms with Crippen LogP contribution in [0.1, 0.15) is 41.4 Å². The molecule has 0 aliphatic carbocycles. The minimum atomic E-state index is -0.487. The fraction of sp³-hybridized carbons (Fsp3) is 0.381. The molecule has 2 heterocycles. The summed E-state index contributed by atoms with van der Waals surface area (Å²) in [5.74, 6) is 1.51. The van der Waals surface area contributed by atoms with Crippen molar-refractivity contribution in [1.82, 2.24) is 14.9 Å². The van der Waals surface area contributed by atoms with Crippen LogP contribution in [0.15, 0.2) is 28.7 Å². The molecule has 154 valence electrons. The number of aromatic nitrogens is 2. The van der Waals surface area contributed by atoms with Crippen molar-refractivity contribution in [2.45, 2.75) is 33.9 Å². The summed E-state index contributed by atoms with van der Waals surface area (Å²) in [6.45, 7) is 7.48. The minimum absolute atomic E-state index is 0.208. The smallest absolute Gasteiger partial charge is 0.342 e. The highest BCUT2D eigenvalue weighted by molar-refractivity contribution is 6.07. The highest BCUT2D eigenvalue weighted by Gasteiger charge is 2.24. The predicted molar refractivity (Wildman–Crippen MR) is 110 cm³/mol. The molecule has 0 saturated heterocycles. The molecular weight excluding hydrogens is 372 g/mol. The number of rotatable bonds is 8. The Morgan fingerprint density at radius 3 is 2.52 bits per heavy atom. The quantitative estimate of drug-likeness (QED) is 0.576. The summed E-state index contributed by atoms with van der Waals surface area (Å²) < 4.78 is 16.2. The highest BCUT2D eigenvalue weighted by atomic mass is 16.5. The van der Waals surface area contributed by atoms with Crippen molar-refractivity contribution >= 4 is 22.9 Å². The van der Waals surface area contributed by atoms with Gasteiger partial charge in [0, 0.05) is 6.54 Å². The molecule has 2 aromatic heterocycles. The number of esters is 1. The van der Waals surface area contributed by atoms with Crippen molar-refractivity contribution < 1.29 is 18.7 Å². The third-order valence-corrected chi connectivity index (χ3v) is 4.38. The summed E-state index contributed by atoms with van der Waals surface area (Å²) in [5.41, 5.74) is 7.85. The van der Waals surface area contributed by atoms with Crippen LogP contribution in [0.2, 0.25) is 0 Å². The van der Waals surface area contributed by atoms with Gasteiger partial charge in [0.15, 0.2) is 0 Å². The van der Waals surface area contributed by atoms with Crippen LogP contribution in [0.3, 0.4) is 0 Å². The Morgan fingerprint density at radius 2 is 1.86 bits per heavy atom. The van der Waals surface area contributed by atoms with Crippen LogP contribution in [0.5, 0.6) is 5.75 Å². The standard InChI is InChI=1S/C21H26N4O4/c1-5-27-15-9-7-14(8-10-15)11-25(4)12-16-23-19(22)18-17(21(26)28-6-2)13(3)29-20(18)24-16/h7-10H,5-6,11-12H2,1-4H3,(H2,22,23,24). The normalized spacial score (nSPS) is 11.2. The van der Waals surface area contributed by atoms with Gasteiger partial charge in [-0.3, -0.25) is 4.90 Å². The van der Waals surface area contributed by atoms with Gasteiger partial charge in [0.2, 0.25) is 5.71 Å². The molecule has 0 fully saturated rings. The zero-order valence-electron chi connectivity index (χ0n) is 17.2. The Kier molecular flexibility index (Phi) is 6.33. The number of benzene rings is 1. The summed E-state index contributed by atoms with van der Waals surface area (Å²) in [7, 11) is 1.97. The fourth-order valence-corrected chi connectivity index (χ4v) is 3.17. The van der Waals surface area contributed by atoms with Gasteiger partial charge in [-0.2, -0.15) is 4.98 Å². The van der Waals surface area contributed by atoms with Crippen molar-refractivity contribution in [3.05, 3.63) is 47.0 Å². The molecule has 3 aromatic rings. The lowest BCUT2D eigenvalue weighted by Crippen LogP contribution is -2.19. The summed E-state index contributed by atoms with van der Waals surface area (Å²) >= 11 is 0. The third kappa shape index (κ3) is 4.65. The van der Waals surface area contributed by atoms with Crippen LogP contribution in [0, 0.1) is 6.92 Å². The van der Waals surface area contributed by atoms with E-state index in [2.05, 4.69) is 14.9 Å². The number of anilines is 1. The molecule has 0 amide bonds. The number of aryl methyl sites for hydroxylation is 1. The number of carbonyl (C=O) groups is 1. The molecule has 1 aromatic carbocycles. The van der Waals surface area contributed by atoms with E-state index in [1.54, 1.807) is 13.8 Å². The lowest BCUT2D eigenvalue weighted by Gasteiger charge is -2.16. The summed E-state index contributed by atoms with van der Waals surface area (Å²) in [6.07, 6.45) is 0. The number of nitrogens with two attached hydrogens (primary N) is 1. The number of fused-ring (bicyclic) bond motifs is 1. The molecule has 0 aliphatic heterocycles. The second-order valence-electron chi connectivity index (χ2n) is 6.71. The maximum absolute atomic E-state index is 12.2. The minimum Gasteiger partial charge on any atom is -0.494 e. The number of furan rings is 1. The van der Waals surface area contributed by atoms with E-state index in [1.807, 2.05) is 38.2 Å². The molecule has 0 spiro atoms. The van der Waals surface area contributed by atoms with Gasteiger partial charge in [-0.05, 0) is 45.5 Å². The van der Waals surface area contributed by atoms with E-state index in [9.17, 15) is 4.79 Å². The van der Waals surface area contributed by atoms with Crippen LogP contribution >= 0.6 is 0 Å². The van der Waals surface area contributed by atoms with Gasteiger partial charge in [0.1, 0.15) is 28.7 Å². The number of nitrogens with zero attached hydrogens (tertiary/aromatic N) is 3. The molecule has 0 atom stereocenters. The van der Waals surface area contributed by atoms with Crippen molar-refractivity contribution in [1.29, 1.82) is 0 Å². The van der Waals surface area contributed by atoms with E-state index >= 15 is 0 Å². The van der Waals surface area contributed by atoms with E-state index in [-0.39, 0.29) is 18.0 Å². The number of carbonyl (C=O) groups excluding carboxylic acids is 1. The zero-order chi connectivity index (χ0) is 21.0. The largest absolute Gasteiger partial charge is 0.494 e. The van der Waals surface area contributed by atoms with Crippen molar-refractivity contribution in [2.75, 3.05) is 26.0 Å². The van der Waals surface area contributed by atoms with Gasteiger partial charge >= 0.3 is 5.97 Å². The van der Waals surface area contributed by atoms with Crippen molar-refractivity contribution in [3.8, 4) is 5.75 Å². The van der Waals surface area contributed by atoms with Crippen LogP contribution in [-0.4, -0.2) is 41.1 Å². The maximum Gasteiger partial charge on any atom is 0.342 e. The molecule has 8 heteroatoms. The summed E-state index contributed by atoms with van der Waals surface area (Å²) in [5, 5.41) is 0.402. The molecule has 8 nitrogen and oxygen atoms in total. The Morgan fingerprint density at radius 1 is 1.14 bits per heavy atom. The maximum atomic E-state index is 12.2. The van der Waals surface area contributed by atoms with Gasteiger partial charge in [0.05, 0.1) is 25.1 Å². The first kappa shape index (κ1) is 20.6. The van der Waals surface area contributed by atoms with Crippen molar-refractivity contribution in [2.24, 2.45) is 0 Å². The van der Waals surface area contributed by atoms with E-state index in [0.717, 1.165) is 11.3 Å². The third-order valence-electron chi connectivity index (χ3n) is 4.38. The first-order valence-corrected chi connectivity index (χ1v) is 9.55. The molecular formula is C21H26N4O4. The molecule has 0 saturated carbocycles. The SMILES string of the molecule is CCOC(=O)c1c(C)oc2nc(CN(C)Cc3ccc(OCC)cc3)nc(N)c12. The van der Waals surface area contributed by atoms with Crippen molar-refractivity contribution in [3.63, 3.8) is 0 Å². The topological polar surface area (TPSA) is 104 Å².